The van der Waals surface area contributed by atoms with E-state index in [9.17, 15) is 14.0 Å². The van der Waals surface area contributed by atoms with Crippen molar-refractivity contribution in [3.63, 3.8) is 0 Å². The lowest BCUT2D eigenvalue weighted by molar-refractivity contribution is 0.0947. The average Bonchev–Trinajstić information content (AvgIpc) is 2.53. The number of amides is 3. The van der Waals surface area contributed by atoms with Crippen molar-refractivity contribution in [3.8, 4) is 0 Å². The SMILES string of the molecule is CN(C)C(=O)Nc1cccc(CNC(=O)c2ccc(Cl)cc2F)c1. The fraction of sp³-hybridized carbons (Fsp3) is 0.176. The third-order valence-electron chi connectivity index (χ3n) is 3.21. The lowest BCUT2D eigenvalue weighted by Gasteiger charge is -2.13. The standard InChI is InChI=1S/C17H17ClFN3O2/c1-22(2)17(24)21-13-5-3-4-11(8-13)10-20-16(23)14-7-6-12(18)9-15(14)19/h3-9H,10H2,1-2H3,(H,20,23)(H,21,24). The highest BCUT2D eigenvalue weighted by molar-refractivity contribution is 6.30. The number of rotatable bonds is 4. The van der Waals surface area contributed by atoms with Crippen molar-refractivity contribution in [2.75, 3.05) is 19.4 Å². The van der Waals surface area contributed by atoms with Crippen molar-refractivity contribution < 1.29 is 14.0 Å². The highest BCUT2D eigenvalue weighted by Gasteiger charge is 2.12. The molecule has 2 aromatic rings. The van der Waals surface area contributed by atoms with E-state index in [1.807, 2.05) is 0 Å². The van der Waals surface area contributed by atoms with Gasteiger partial charge in [-0.1, -0.05) is 23.7 Å². The van der Waals surface area contributed by atoms with Gasteiger partial charge in [0, 0.05) is 31.4 Å². The number of benzene rings is 2. The summed E-state index contributed by atoms with van der Waals surface area (Å²) in [6.45, 7) is 0.201. The maximum absolute atomic E-state index is 13.7. The second-order valence-electron chi connectivity index (χ2n) is 5.33. The summed E-state index contributed by atoms with van der Waals surface area (Å²) in [5, 5.41) is 5.58. The molecule has 0 heterocycles. The Kier molecular flexibility index (Phi) is 5.76. The highest BCUT2D eigenvalue weighted by Crippen LogP contribution is 2.15. The van der Waals surface area contributed by atoms with Gasteiger partial charge < -0.3 is 15.5 Å². The number of hydrogen-bond acceptors (Lipinski definition) is 2. The van der Waals surface area contributed by atoms with E-state index < -0.39 is 11.7 Å². The van der Waals surface area contributed by atoms with E-state index in [2.05, 4.69) is 10.6 Å². The normalized spacial score (nSPS) is 10.2. The van der Waals surface area contributed by atoms with Crippen LogP contribution in [0.1, 0.15) is 15.9 Å². The van der Waals surface area contributed by atoms with Crippen LogP contribution in [0.25, 0.3) is 0 Å². The quantitative estimate of drug-likeness (QED) is 0.887. The molecule has 0 aromatic heterocycles. The molecule has 0 saturated carbocycles. The summed E-state index contributed by atoms with van der Waals surface area (Å²) in [5.41, 5.74) is 1.31. The minimum Gasteiger partial charge on any atom is -0.348 e. The molecule has 0 spiro atoms. The van der Waals surface area contributed by atoms with Crippen LogP contribution < -0.4 is 10.6 Å². The lowest BCUT2D eigenvalue weighted by Crippen LogP contribution is -2.27. The fourth-order valence-electron chi connectivity index (χ4n) is 1.95. The van der Waals surface area contributed by atoms with Crippen LogP contribution in [0.2, 0.25) is 5.02 Å². The largest absolute Gasteiger partial charge is 0.348 e. The van der Waals surface area contributed by atoms with E-state index in [0.29, 0.717) is 5.69 Å². The van der Waals surface area contributed by atoms with Crippen LogP contribution in [0, 0.1) is 5.82 Å². The zero-order valence-corrected chi connectivity index (χ0v) is 14.0. The van der Waals surface area contributed by atoms with Crippen LogP contribution in [-0.4, -0.2) is 30.9 Å². The molecule has 0 aliphatic carbocycles. The van der Waals surface area contributed by atoms with Crippen LogP contribution >= 0.6 is 11.6 Å². The van der Waals surface area contributed by atoms with E-state index in [-0.39, 0.29) is 23.2 Å². The molecular weight excluding hydrogens is 333 g/mol. The first-order chi connectivity index (χ1) is 11.4. The van der Waals surface area contributed by atoms with E-state index in [1.165, 1.54) is 17.0 Å². The zero-order valence-electron chi connectivity index (χ0n) is 13.3. The molecule has 24 heavy (non-hydrogen) atoms. The van der Waals surface area contributed by atoms with Gasteiger partial charge in [-0.15, -0.1) is 0 Å². The highest BCUT2D eigenvalue weighted by atomic mass is 35.5. The molecule has 7 heteroatoms. The van der Waals surface area contributed by atoms with Gasteiger partial charge >= 0.3 is 6.03 Å². The molecule has 0 saturated heterocycles. The van der Waals surface area contributed by atoms with Crippen LogP contribution in [0.5, 0.6) is 0 Å². The van der Waals surface area contributed by atoms with Gasteiger partial charge in [-0.05, 0) is 35.9 Å². The molecule has 0 bridgehead atoms. The molecule has 2 aromatic carbocycles. The van der Waals surface area contributed by atoms with Crippen molar-refractivity contribution >= 4 is 29.2 Å². The van der Waals surface area contributed by atoms with Crippen LogP contribution in [0.15, 0.2) is 42.5 Å². The molecule has 3 amide bonds. The maximum Gasteiger partial charge on any atom is 0.321 e. The first-order valence-corrected chi connectivity index (χ1v) is 7.55. The van der Waals surface area contributed by atoms with Crippen LogP contribution in [0.3, 0.4) is 0 Å². The maximum atomic E-state index is 13.7. The van der Waals surface area contributed by atoms with Gasteiger partial charge in [-0.3, -0.25) is 4.79 Å². The molecule has 5 nitrogen and oxygen atoms in total. The Labute approximate surface area is 144 Å². The van der Waals surface area contributed by atoms with E-state index in [4.69, 9.17) is 11.6 Å². The molecular formula is C17H17ClFN3O2. The minimum absolute atomic E-state index is 0.0727. The average molecular weight is 350 g/mol. The van der Waals surface area contributed by atoms with Crippen molar-refractivity contribution in [2.24, 2.45) is 0 Å². The van der Waals surface area contributed by atoms with Gasteiger partial charge in [0.05, 0.1) is 5.56 Å². The molecule has 126 valence electrons. The Morgan fingerprint density at radius 2 is 1.92 bits per heavy atom. The predicted octanol–water partition coefficient (Wildman–Crippen LogP) is 3.50. The Bertz CT molecular complexity index is 765. The number of nitrogens with one attached hydrogen (secondary N) is 2. The van der Waals surface area contributed by atoms with Crippen molar-refractivity contribution in [1.82, 2.24) is 10.2 Å². The molecule has 2 rings (SSSR count). The summed E-state index contributed by atoms with van der Waals surface area (Å²) < 4.78 is 13.7. The molecule has 0 fully saturated rings. The van der Waals surface area contributed by atoms with Crippen molar-refractivity contribution in [2.45, 2.75) is 6.54 Å². The number of hydrogen-bond donors (Lipinski definition) is 2. The first-order valence-electron chi connectivity index (χ1n) is 7.17. The van der Waals surface area contributed by atoms with Crippen molar-refractivity contribution in [1.29, 1.82) is 0 Å². The summed E-state index contributed by atoms with van der Waals surface area (Å²) in [7, 11) is 3.28. The van der Waals surface area contributed by atoms with E-state index in [1.54, 1.807) is 38.4 Å². The summed E-state index contributed by atoms with van der Waals surface area (Å²) in [6, 6.07) is 10.7. The third kappa shape index (κ3) is 4.70. The van der Waals surface area contributed by atoms with Crippen molar-refractivity contribution in [3.05, 3.63) is 64.4 Å². The molecule has 2 N–H and O–H groups in total. The molecule has 0 atom stereocenters. The predicted molar refractivity (Wildman–Crippen MR) is 91.7 cm³/mol. The van der Waals surface area contributed by atoms with Gasteiger partial charge in [0.2, 0.25) is 0 Å². The molecule has 0 unspecified atom stereocenters. The molecule has 0 aliphatic heterocycles. The van der Waals surface area contributed by atoms with Crippen LogP contribution in [-0.2, 0) is 6.54 Å². The lowest BCUT2D eigenvalue weighted by atomic mass is 10.1. The summed E-state index contributed by atoms with van der Waals surface area (Å²) >= 11 is 5.67. The molecule has 0 aliphatic rings. The van der Waals surface area contributed by atoms with E-state index >= 15 is 0 Å². The van der Waals surface area contributed by atoms with Crippen LogP contribution in [0.4, 0.5) is 14.9 Å². The smallest absolute Gasteiger partial charge is 0.321 e. The van der Waals surface area contributed by atoms with Gasteiger partial charge in [-0.25, -0.2) is 9.18 Å². The molecule has 0 radical (unpaired) electrons. The third-order valence-corrected chi connectivity index (χ3v) is 3.45. The topological polar surface area (TPSA) is 61.4 Å². The van der Waals surface area contributed by atoms with Gasteiger partial charge in [-0.2, -0.15) is 0 Å². The number of carbonyl (C=O) groups excluding carboxylic acids is 2. The number of halogens is 2. The number of carbonyl (C=O) groups is 2. The second kappa shape index (κ2) is 7.79. The Hall–Kier alpha value is -2.60. The Morgan fingerprint density at radius 3 is 2.58 bits per heavy atom. The number of urea groups is 1. The Balaban J connectivity index is 2.01. The zero-order chi connectivity index (χ0) is 17.7. The van der Waals surface area contributed by atoms with Gasteiger partial charge in [0.1, 0.15) is 5.82 Å². The Morgan fingerprint density at radius 1 is 1.17 bits per heavy atom. The minimum atomic E-state index is -0.674. The summed E-state index contributed by atoms with van der Waals surface area (Å²) in [4.78, 5) is 25.1. The van der Waals surface area contributed by atoms with Gasteiger partial charge in [0.25, 0.3) is 5.91 Å². The van der Waals surface area contributed by atoms with E-state index in [0.717, 1.165) is 11.6 Å². The second-order valence-corrected chi connectivity index (χ2v) is 5.77. The monoisotopic (exact) mass is 349 g/mol. The number of nitrogens with zero attached hydrogens (tertiary/aromatic N) is 1. The summed E-state index contributed by atoms with van der Waals surface area (Å²) in [6.07, 6.45) is 0. The van der Waals surface area contributed by atoms with Gasteiger partial charge in [0.15, 0.2) is 0 Å². The summed E-state index contributed by atoms with van der Waals surface area (Å²) in [5.74, 6) is -1.21. The fourth-order valence-corrected chi connectivity index (χ4v) is 2.10. The number of anilines is 1. The first kappa shape index (κ1) is 17.7.